The van der Waals surface area contributed by atoms with Crippen molar-refractivity contribution in [2.75, 3.05) is 19.7 Å². The second-order valence-corrected chi connectivity index (χ2v) is 4.62. The third-order valence-electron chi connectivity index (χ3n) is 3.62. The van der Waals surface area contributed by atoms with Crippen molar-refractivity contribution in [3.63, 3.8) is 0 Å². The molecule has 1 atom stereocenters. The normalized spacial score (nSPS) is 39.2. The lowest BCUT2D eigenvalue weighted by Gasteiger charge is -2.48. The van der Waals surface area contributed by atoms with Gasteiger partial charge < -0.3 is 4.74 Å². The third-order valence-corrected chi connectivity index (χ3v) is 3.62. The molecule has 2 bridgehead atoms. The SMILES string of the molecule is CCOC(=O)C1C(=O)C2(C)CCN1CC2. The summed E-state index contributed by atoms with van der Waals surface area (Å²) in [5.74, 6) is -0.313. The highest BCUT2D eigenvalue weighted by atomic mass is 16.5. The molecular formula is C11H17NO3. The van der Waals surface area contributed by atoms with E-state index in [4.69, 9.17) is 4.74 Å². The number of Topliss-reactive ketones (excluding diaryl/α,β-unsaturated/α-hetero) is 1. The highest BCUT2D eigenvalue weighted by Crippen LogP contribution is 2.40. The minimum absolute atomic E-state index is 0.0541. The summed E-state index contributed by atoms with van der Waals surface area (Å²) >= 11 is 0. The molecule has 0 amide bonds. The first-order chi connectivity index (χ1) is 7.08. The highest BCUT2D eigenvalue weighted by molar-refractivity contribution is 6.06. The molecule has 1 unspecified atom stereocenters. The van der Waals surface area contributed by atoms with Gasteiger partial charge in [0.2, 0.25) is 0 Å². The Bertz CT molecular complexity index is 292. The van der Waals surface area contributed by atoms with Crippen LogP contribution in [-0.2, 0) is 14.3 Å². The van der Waals surface area contributed by atoms with Crippen LogP contribution < -0.4 is 0 Å². The number of hydrogen-bond donors (Lipinski definition) is 0. The predicted molar refractivity (Wildman–Crippen MR) is 54.3 cm³/mol. The van der Waals surface area contributed by atoms with Crippen molar-refractivity contribution in [3.05, 3.63) is 0 Å². The molecule has 0 aromatic carbocycles. The number of ketones is 1. The van der Waals surface area contributed by atoms with E-state index in [1.165, 1.54) is 0 Å². The van der Waals surface area contributed by atoms with Crippen LogP contribution in [0.4, 0.5) is 0 Å². The van der Waals surface area contributed by atoms with Gasteiger partial charge >= 0.3 is 5.97 Å². The van der Waals surface area contributed by atoms with Gasteiger partial charge in [0, 0.05) is 18.5 Å². The van der Waals surface area contributed by atoms with E-state index < -0.39 is 6.04 Å². The molecule has 3 rings (SSSR count). The molecule has 3 saturated heterocycles. The number of piperidine rings is 3. The van der Waals surface area contributed by atoms with Crippen molar-refractivity contribution in [3.8, 4) is 0 Å². The Morgan fingerprint density at radius 2 is 2.13 bits per heavy atom. The maximum Gasteiger partial charge on any atom is 0.331 e. The summed E-state index contributed by atoms with van der Waals surface area (Å²) in [7, 11) is 0. The maximum atomic E-state index is 12.1. The molecule has 0 radical (unpaired) electrons. The van der Waals surface area contributed by atoms with E-state index in [0.717, 1.165) is 25.9 Å². The van der Waals surface area contributed by atoms with Crippen LogP contribution in [0.1, 0.15) is 26.7 Å². The Labute approximate surface area is 89.6 Å². The molecule has 0 aromatic rings. The van der Waals surface area contributed by atoms with Crippen LogP contribution in [-0.4, -0.2) is 42.4 Å². The fraction of sp³-hybridized carbons (Fsp3) is 0.818. The summed E-state index contributed by atoms with van der Waals surface area (Å²) < 4.78 is 4.95. The topological polar surface area (TPSA) is 46.6 Å². The molecule has 0 aromatic heterocycles. The lowest BCUT2D eigenvalue weighted by Crippen LogP contribution is -2.63. The summed E-state index contributed by atoms with van der Waals surface area (Å²) in [6, 6.07) is -0.627. The second-order valence-electron chi connectivity index (χ2n) is 4.62. The number of rotatable bonds is 2. The summed E-state index contributed by atoms with van der Waals surface area (Å²) in [4.78, 5) is 25.7. The Balaban J connectivity index is 2.19. The van der Waals surface area contributed by atoms with Crippen LogP contribution in [0, 0.1) is 5.41 Å². The van der Waals surface area contributed by atoms with Crippen LogP contribution >= 0.6 is 0 Å². The molecule has 4 nitrogen and oxygen atoms in total. The average molecular weight is 211 g/mol. The fourth-order valence-electron chi connectivity index (χ4n) is 2.50. The maximum absolute atomic E-state index is 12.1. The molecule has 84 valence electrons. The quantitative estimate of drug-likeness (QED) is 0.496. The zero-order valence-corrected chi connectivity index (χ0v) is 9.28. The summed E-state index contributed by atoms with van der Waals surface area (Å²) in [6.45, 7) is 5.75. The van der Waals surface area contributed by atoms with Crippen LogP contribution in [0.5, 0.6) is 0 Å². The van der Waals surface area contributed by atoms with Crippen molar-refractivity contribution in [2.24, 2.45) is 5.41 Å². The molecule has 0 saturated carbocycles. The predicted octanol–water partition coefficient (Wildman–Crippen LogP) is 0.603. The van der Waals surface area contributed by atoms with Gasteiger partial charge in [0.05, 0.1) is 6.61 Å². The molecule has 3 heterocycles. The minimum atomic E-state index is -0.627. The Hall–Kier alpha value is -0.900. The van der Waals surface area contributed by atoms with Gasteiger partial charge in [0.1, 0.15) is 0 Å². The number of carbonyl (C=O) groups is 2. The van der Waals surface area contributed by atoms with Crippen molar-refractivity contribution in [1.82, 2.24) is 4.90 Å². The van der Waals surface area contributed by atoms with Crippen LogP contribution in [0.2, 0.25) is 0 Å². The van der Waals surface area contributed by atoms with E-state index in [-0.39, 0.29) is 17.2 Å². The van der Waals surface area contributed by atoms with Crippen LogP contribution in [0.3, 0.4) is 0 Å². The lowest BCUT2D eigenvalue weighted by atomic mass is 9.69. The second kappa shape index (κ2) is 3.59. The van der Waals surface area contributed by atoms with E-state index in [1.807, 2.05) is 11.8 Å². The van der Waals surface area contributed by atoms with E-state index >= 15 is 0 Å². The largest absolute Gasteiger partial charge is 0.464 e. The van der Waals surface area contributed by atoms with Gasteiger partial charge in [-0.25, -0.2) is 4.79 Å². The zero-order chi connectivity index (χ0) is 11.1. The molecule has 0 N–H and O–H groups in total. The monoisotopic (exact) mass is 211 g/mol. The zero-order valence-electron chi connectivity index (χ0n) is 9.28. The summed E-state index contributed by atoms with van der Waals surface area (Å²) in [5.41, 5.74) is -0.286. The molecule has 3 aliphatic rings. The Kier molecular flexibility index (Phi) is 2.54. The first-order valence-corrected chi connectivity index (χ1v) is 5.53. The average Bonchev–Trinajstić information content (AvgIpc) is 2.20. The van der Waals surface area contributed by atoms with E-state index in [1.54, 1.807) is 6.92 Å². The Morgan fingerprint density at radius 1 is 1.53 bits per heavy atom. The smallest absolute Gasteiger partial charge is 0.331 e. The summed E-state index contributed by atoms with van der Waals surface area (Å²) in [5, 5.41) is 0. The lowest BCUT2D eigenvalue weighted by molar-refractivity contribution is -0.164. The van der Waals surface area contributed by atoms with Crippen LogP contribution in [0.25, 0.3) is 0 Å². The molecule has 0 spiro atoms. The Morgan fingerprint density at radius 3 is 2.67 bits per heavy atom. The van der Waals surface area contributed by atoms with Crippen LogP contribution in [0.15, 0.2) is 0 Å². The summed E-state index contributed by atoms with van der Waals surface area (Å²) in [6.07, 6.45) is 1.75. The molecular weight excluding hydrogens is 194 g/mol. The van der Waals surface area contributed by atoms with Gasteiger partial charge in [0.25, 0.3) is 0 Å². The van der Waals surface area contributed by atoms with Gasteiger partial charge in [-0.3, -0.25) is 9.69 Å². The number of ether oxygens (including phenoxy) is 1. The molecule has 0 aliphatic carbocycles. The highest BCUT2D eigenvalue weighted by Gasteiger charge is 2.52. The standard InChI is InChI=1S/C11H17NO3/c1-3-15-10(14)8-9(13)11(2)4-6-12(8)7-5-11/h8H,3-7H2,1-2H3. The van der Waals surface area contributed by atoms with Gasteiger partial charge in [-0.2, -0.15) is 0 Å². The number of nitrogens with zero attached hydrogens (tertiary/aromatic N) is 1. The number of carbonyl (C=O) groups excluding carboxylic acids is 2. The van der Waals surface area contributed by atoms with Gasteiger partial charge in [-0.1, -0.05) is 6.92 Å². The first kappa shape index (κ1) is 10.6. The van der Waals surface area contributed by atoms with E-state index in [0.29, 0.717) is 6.61 Å². The van der Waals surface area contributed by atoms with Gasteiger partial charge in [-0.05, 0) is 19.8 Å². The number of fused-ring (bicyclic) bond motifs is 3. The molecule has 3 fully saturated rings. The van der Waals surface area contributed by atoms with Gasteiger partial charge in [-0.15, -0.1) is 0 Å². The minimum Gasteiger partial charge on any atom is -0.464 e. The van der Waals surface area contributed by atoms with Crippen molar-refractivity contribution >= 4 is 11.8 Å². The van der Waals surface area contributed by atoms with Gasteiger partial charge in [0.15, 0.2) is 11.8 Å². The third kappa shape index (κ3) is 1.57. The van der Waals surface area contributed by atoms with Crippen molar-refractivity contribution < 1.29 is 14.3 Å². The molecule has 3 aliphatic heterocycles. The fourth-order valence-corrected chi connectivity index (χ4v) is 2.50. The number of hydrogen-bond acceptors (Lipinski definition) is 4. The number of esters is 1. The molecule has 15 heavy (non-hydrogen) atoms. The molecule has 4 heteroatoms. The van der Waals surface area contributed by atoms with Crippen molar-refractivity contribution in [2.45, 2.75) is 32.7 Å². The van der Waals surface area contributed by atoms with E-state index in [2.05, 4.69) is 0 Å². The first-order valence-electron chi connectivity index (χ1n) is 5.53. The van der Waals surface area contributed by atoms with Crippen molar-refractivity contribution in [1.29, 1.82) is 0 Å². The van der Waals surface area contributed by atoms with E-state index in [9.17, 15) is 9.59 Å².